The molecule has 1 aliphatic rings. The van der Waals surface area contributed by atoms with Crippen LogP contribution in [0.4, 0.5) is 0 Å². The van der Waals surface area contributed by atoms with Crippen molar-refractivity contribution in [2.45, 2.75) is 65.2 Å². The van der Waals surface area contributed by atoms with Gasteiger partial charge < -0.3 is 9.47 Å². The molecule has 3 rings (SSSR count). The minimum absolute atomic E-state index is 0.154. The van der Waals surface area contributed by atoms with Crippen LogP contribution in [0, 0.1) is 18.8 Å². The molecular formula is C24H28N2O3. The van der Waals surface area contributed by atoms with Gasteiger partial charge in [0.25, 0.3) is 0 Å². The fraction of sp³-hybridized carbons (Fsp3) is 0.458. The Labute approximate surface area is 172 Å². The Kier molecular flexibility index (Phi) is 6.53. The standard InChI is InChI=1S/C24H28N2O3/c1-5-8-23(27)29-22-16-25-19(15-26-22)10-9-18-14-20-21(13-17(18)4)28-12-11-24(20,6-2)7-3/h13-16H,5-8,11-12H2,1-4H3. The van der Waals surface area contributed by atoms with Crippen molar-refractivity contribution in [3.63, 3.8) is 0 Å². The van der Waals surface area contributed by atoms with E-state index in [1.54, 1.807) is 0 Å². The molecule has 1 aromatic carbocycles. The fourth-order valence-corrected chi connectivity index (χ4v) is 3.76. The van der Waals surface area contributed by atoms with Crippen LogP contribution in [0.2, 0.25) is 0 Å². The van der Waals surface area contributed by atoms with Gasteiger partial charge in [0.2, 0.25) is 5.88 Å². The molecule has 1 aromatic heterocycles. The molecule has 29 heavy (non-hydrogen) atoms. The second kappa shape index (κ2) is 9.09. The zero-order chi connectivity index (χ0) is 20.9. The van der Waals surface area contributed by atoms with E-state index in [9.17, 15) is 4.79 Å². The average Bonchev–Trinajstić information content (AvgIpc) is 2.73. The number of aromatic nitrogens is 2. The summed E-state index contributed by atoms with van der Waals surface area (Å²) in [5.74, 6) is 7.19. The fourth-order valence-electron chi connectivity index (χ4n) is 3.76. The van der Waals surface area contributed by atoms with E-state index >= 15 is 0 Å². The maximum atomic E-state index is 11.5. The summed E-state index contributed by atoms with van der Waals surface area (Å²) in [7, 11) is 0. The number of esters is 1. The molecule has 5 nitrogen and oxygen atoms in total. The van der Waals surface area contributed by atoms with Gasteiger partial charge in [0.05, 0.1) is 19.0 Å². The minimum atomic E-state index is -0.303. The number of aryl methyl sites for hydroxylation is 1. The van der Waals surface area contributed by atoms with Gasteiger partial charge in [0.15, 0.2) is 0 Å². The third-order valence-electron chi connectivity index (χ3n) is 5.72. The Morgan fingerprint density at radius 2 is 1.97 bits per heavy atom. The Bertz CT molecular complexity index is 935. The molecule has 0 N–H and O–H groups in total. The molecular weight excluding hydrogens is 364 g/mol. The first-order chi connectivity index (χ1) is 14.0. The van der Waals surface area contributed by atoms with Crippen LogP contribution < -0.4 is 9.47 Å². The largest absolute Gasteiger partial charge is 0.493 e. The van der Waals surface area contributed by atoms with E-state index in [0.717, 1.165) is 49.2 Å². The lowest BCUT2D eigenvalue weighted by atomic mass is 9.71. The predicted molar refractivity (Wildman–Crippen MR) is 112 cm³/mol. The van der Waals surface area contributed by atoms with Gasteiger partial charge in [-0.25, -0.2) is 9.97 Å². The quantitative estimate of drug-likeness (QED) is 0.544. The van der Waals surface area contributed by atoms with Crippen molar-refractivity contribution in [2.24, 2.45) is 0 Å². The highest BCUT2D eigenvalue weighted by atomic mass is 16.5. The molecule has 5 heteroatoms. The predicted octanol–water partition coefficient (Wildman–Crippen LogP) is 4.73. The van der Waals surface area contributed by atoms with Gasteiger partial charge in [-0.1, -0.05) is 26.7 Å². The first kappa shape index (κ1) is 20.9. The molecule has 0 amide bonds. The van der Waals surface area contributed by atoms with Crippen molar-refractivity contribution in [1.82, 2.24) is 9.97 Å². The van der Waals surface area contributed by atoms with Crippen LogP contribution in [0.3, 0.4) is 0 Å². The van der Waals surface area contributed by atoms with Crippen molar-refractivity contribution in [3.8, 4) is 23.5 Å². The summed E-state index contributed by atoms with van der Waals surface area (Å²) < 4.78 is 11.1. The molecule has 0 bridgehead atoms. The highest BCUT2D eigenvalue weighted by Crippen LogP contribution is 2.44. The highest BCUT2D eigenvalue weighted by molar-refractivity contribution is 5.71. The first-order valence-electron chi connectivity index (χ1n) is 10.3. The minimum Gasteiger partial charge on any atom is -0.493 e. The number of ether oxygens (including phenoxy) is 2. The number of carbonyl (C=O) groups excluding carboxylic acids is 1. The third-order valence-corrected chi connectivity index (χ3v) is 5.72. The second-order valence-corrected chi connectivity index (χ2v) is 7.46. The number of benzene rings is 1. The second-order valence-electron chi connectivity index (χ2n) is 7.46. The molecule has 1 aliphatic heterocycles. The van der Waals surface area contributed by atoms with Crippen LogP contribution in [0.1, 0.15) is 75.3 Å². The van der Waals surface area contributed by atoms with Crippen LogP contribution >= 0.6 is 0 Å². The van der Waals surface area contributed by atoms with E-state index < -0.39 is 0 Å². The molecule has 0 saturated heterocycles. The molecule has 2 aromatic rings. The molecule has 0 radical (unpaired) electrons. The Hall–Kier alpha value is -2.87. The number of hydrogen-bond donors (Lipinski definition) is 0. The van der Waals surface area contributed by atoms with Crippen LogP contribution in [0.15, 0.2) is 24.5 Å². The monoisotopic (exact) mass is 392 g/mol. The lowest BCUT2D eigenvalue weighted by Gasteiger charge is -2.38. The van der Waals surface area contributed by atoms with Crippen LogP contribution in [0.5, 0.6) is 11.6 Å². The van der Waals surface area contributed by atoms with E-state index in [2.05, 4.69) is 47.8 Å². The van der Waals surface area contributed by atoms with Gasteiger partial charge in [-0.3, -0.25) is 4.79 Å². The third kappa shape index (κ3) is 4.59. The van der Waals surface area contributed by atoms with Crippen molar-refractivity contribution < 1.29 is 14.3 Å². The summed E-state index contributed by atoms with van der Waals surface area (Å²) in [6.45, 7) is 9.22. The lowest BCUT2D eigenvalue weighted by molar-refractivity contribution is -0.134. The molecule has 0 saturated carbocycles. The summed E-state index contributed by atoms with van der Waals surface area (Å²) in [5, 5.41) is 0. The van der Waals surface area contributed by atoms with Gasteiger partial charge >= 0.3 is 5.97 Å². The van der Waals surface area contributed by atoms with E-state index in [1.807, 2.05) is 13.8 Å². The summed E-state index contributed by atoms with van der Waals surface area (Å²) >= 11 is 0. The van der Waals surface area contributed by atoms with E-state index in [4.69, 9.17) is 9.47 Å². The Balaban J connectivity index is 1.85. The van der Waals surface area contributed by atoms with Crippen molar-refractivity contribution in [3.05, 3.63) is 46.9 Å². The van der Waals surface area contributed by atoms with Gasteiger partial charge in [-0.2, -0.15) is 0 Å². The van der Waals surface area contributed by atoms with Crippen LogP contribution in [-0.2, 0) is 10.2 Å². The summed E-state index contributed by atoms with van der Waals surface area (Å²) in [6, 6.07) is 4.28. The number of fused-ring (bicyclic) bond motifs is 1. The van der Waals surface area contributed by atoms with Gasteiger partial charge in [-0.05, 0) is 56.2 Å². The molecule has 0 spiro atoms. The molecule has 0 atom stereocenters. The summed E-state index contributed by atoms with van der Waals surface area (Å²) in [5.41, 5.74) is 4.00. The SMILES string of the molecule is CCCC(=O)Oc1cnc(C#Cc2cc3c(cc2C)OCCC3(CC)CC)cn1. The number of carbonyl (C=O) groups is 1. The van der Waals surface area contributed by atoms with Gasteiger partial charge in [0.1, 0.15) is 11.4 Å². The van der Waals surface area contributed by atoms with Crippen LogP contribution in [-0.4, -0.2) is 22.5 Å². The van der Waals surface area contributed by atoms with Gasteiger partial charge in [0, 0.05) is 23.0 Å². The first-order valence-corrected chi connectivity index (χ1v) is 10.3. The average molecular weight is 392 g/mol. The summed E-state index contributed by atoms with van der Waals surface area (Å²) in [4.78, 5) is 19.9. The maximum absolute atomic E-state index is 11.5. The molecule has 0 aliphatic carbocycles. The number of nitrogens with zero attached hydrogens (tertiary/aromatic N) is 2. The number of hydrogen-bond acceptors (Lipinski definition) is 5. The summed E-state index contributed by atoms with van der Waals surface area (Å²) in [6.07, 6.45) is 7.26. The van der Waals surface area contributed by atoms with Crippen molar-refractivity contribution in [2.75, 3.05) is 6.61 Å². The van der Waals surface area contributed by atoms with E-state index in [0.29, 0.717) is 12.1 Å². The topological polar surface area (TPSA) is 61.3 Å². The lowest BCUT2D eigenvalue weighted by Crippen LogP contribution is -2.32. The zero-order valence-electron chi connectivity index (χ0n) is 17.7. The van der Waals surface area contributed by atoms with Crippen molar-refractivity contribution >= 4 is 5.97 Å². The molecule has 0 fully saturated rings. The smallest absolute Gasteiger partial charge is 0.312 e. The molecule has 152 valence electrons. The van der Waals surface area contributed by atoms with Crippen molar-refractivity contribution in [1.29, 1.82) is 0 Å². The molecule has 2 heterocycles. The maximum Gasteiger partial charge on any atom is 0.312 e. The van der Waals surface area contributed by atoms with Crippen LogP contribution in [0.25, 0.3) is 0 Å². The van der Waals surface area contributed by atoms with Gasteiger partial charge in [-0.15, -0.1) is 0 Å². The Morgan fingerprint density at radius 3 is 2.62 bits per heavy atom. The molecule has 0 unspecified atom stereocenters. The highest BCUT2D eigenvalue weighted by Gasteiger charge is 2.35. The normalized spacial score (nSPS) is 14.2. The van der Waals surface area contributed by atoms with E-state index in [-0.39, 0.29) is 17.3 Å². The Morgan fingerprint density at radius 1 is 1.17 bits per heavy atom. The van der Waals surface area contributed by atoms with E-state index in [1.165, 1.54) is 18.0 Å². The number of rotatable bonds is 5. The zero-order valence-corrected chi connectivity index (χ0v) is 17.7.